The molecule has 2 heterocycles. The fraction of sp³-hybridized carbons (Fsp3) is 0.269. The van der Waals surface area contributed by atoms with Crippen molar-refractivity contribution in [3.8, 4) is 17.0 Å². The van der Waals surface area contributed by atoms with E-state index in [9.17, 15) is 18.0 Å². The molecule has 2 radical (unpaired) electrons. The number of aromatic nitrogens is 1. The molecule has 1 fully saturated rings. The van der Waals surface area contributed by atoms with Gasteiger partial charge >= 0.3 is 12.3 Å². The van der Waals surface area contributed by atoms with Crippen molar-refractivity contribution in [3.05, 3.63) is 79.3 Å². The molecule has 35 heavy (non-hydrogen) atoms. The van der Waals surface area contributed by atoms with E-state index in [1.54, 1.807) is 12.1 Å². The molecule has 6 nitrogen and oxygen atoms in total. The summed E-state index contributed by atoms with van der Waals surface area (Å²) in [5, 5.41) is 0. The van der Waals surface area contributed by atoms with Gasteiger partial charge < -0.3 is 9.47 Å². The van der Waals surface area contributed by atoms with E-state index in [2.05, 4.69) is 9.72 Å². The largest absolute Gasteiger partial charge is 0.573 e. The highest BCUT2D eigenvalue weighted by atomic mass is 19.4. The van der Waals surface area contributed by atoms with Crippen molar-refractivity contribution >= 4 is 17.3 Å². The number of hydrogen-bond acceptors (Lipinski definition) is 5. The number of hydrogen-bond donors (Lipinski definition) is 0. The first-order valence-corrected chi connectivity index (χ1v) is 11.0. The molecular formula is C26H25F3N3O3+. The van der Waals surface area contributed by atoms with Crippen LogP contribution < -0.4 is 9.22 Å². The number of nitrogens with zero attached hydrogens (tertiary/aromatic N) is 3. The standard InChI is InChI=1S/C26H25F3N3O3/c1-19-8-11-24(35-26(27,28)29)23(16-19)32(2,25(33)18-31-12-14-34-15-13-31)21-9-10-22(30-17-21)20-6-4-3-5-7-20/h1,3-11,16-17H,12-15,18H2,2H3/q+1. The zero-order valence-corrected chi connectivity index (χ0v) is 19.2. The van der Waals surface area contributed by atoms with Crippen molar-refractivity contribution in [3.63, 3.8) is 0 Å². The van der Waals surface area contributed by atoms with Crippen LogP contribution in [0.15, 0.2) is 66.9 Å². The Morgan fingerprint density at radius 2 is 1.83 bits per heavy atom. The number of pyridine rings is 1. The highest BCUT2D eigenvalue weighted by molar-refractivity contribution is 5.97. The molecular weight excluding hydrogens is 459 g/mol. The molecule has 9 heteroatoms. The third kappa shape index (κ3) is 5.70. The van der Waals surface area contributed by atoms with E-state index in [4.69, 9.17) is 11.7 Å². The van der Waals surface area contributed by atoms with Crippen molar-refractivity contribution in [1.82, 2.24) is 14.4 Å². The van der Waals surface area contributed by atoms with E-state index >= 15 is 0 Å². The molecule has 4 rings (SSSR count). The number of quaternary nitrogens is 1. The number of carbonyl (C=O) groups is 1. The highest BCUT2D eigenvalue weighted by Crippen LogP contribution is 2.42. The lowest BCUT2D eigenvalue weighted by molar-refractivity contribution is -0.274. The Morgan fingerprint density at radius 1 is 1.11 bits per heavy atom. The van der Waals surface area contributed by atoms with Gasteiger partial charge in [-0.25, -0.2) is 4.79 Å². The summed E-state index contributed by atoms with van der Waals surface area (Å²) in [6.45, 7) is 7.99. The first-order chi connectivity index (χ1) is 16.7. The SMILES string of the molecule is [CH]c1ccc(OC(F)(F)F)c([N+](C)(C(=O)CN2CCOCC2)c2ccc(-c3ccccc3)nc2)c1. The second-order valence-electron chi connectivity index (χ2n) is 8.33. The lowest BCUT2D eigenvalue weighted by atomic mass is 10.1. The minimum atomic E-state index is -4.95. The molecule has 182 valence electrons. The summed E-state index contributed by atoms with van der Waals surface area (Å²) >= 11 is 0. The first kappa shape index (κ1) is 24.8. The average molecular weight is 484 g/mol. The Balaban J connectivity index is 1.80. The monoisotopic (exact) mass is 484 g/mol. The van der Waals surface area contributed by atoms with Crippen LogP contribution >= 0.6 is 0 Å². The first-order valence-electron chi connectivity index (χ1n) is 11.0. The van der Waals surface area contributed by atoms with Crippen LogP contribution in [0.4, 0.5) is 24.5 Å². The maximum atomic E-state index is 13.8. The van der Waals surface area contributed by atoms with Gasteiger partial charge in [-0.15, -0.1) is 13.2 Å². The van der Waals surface area contributed by atoms with Crippen molar-refractivity contribution in [1.29, 1.82) is 0 Å². The van der Waals surface area contributed by atoms with Gasteiger partial charge in [0.05, 0.1) is 32.2 Å². The molecule has 1 aromatic heterocycles. The van der Waals surface area contributed by atoms with Gasteiger partial charge in [-0.1, -0.05) is 36.4 Å². The van der Waals surface area contributed by atoms with E-state index in [1.165, 1.54) is 25.4 Å². The van der Waals surface area contributed by atoms with Gasteiger partial charge in [0.2, 0.25) is 0 Å². The number of alkyl halides is 3. The smallest absolute Gasteiger partial charge is 0.399 e. The van der Waals surface area contributed by atoms with Crippen LogP contribution in [0.5, 0.6) is 5.75 Å². The van der Waals surface area contributed by atoms with Crippen LogP contribution in [-0.4, -0.2) is 62.0 Å². The van der Waals surface area contributed by atoms with Crippen LogP contribution in [0.2, 0.25) is 0 Å². The zero-order chi connectivity index (χ0) is 25.1. The summed E-state index contributed by atoms with van der Waals surface area (Å²) in [4.78, 5) is 20.2. The van der Waals surface area contributed by atoms with E-state index < -0.39 is 16.6 Å². The summed E-state index contributed by atoms with van der Waals surface area (Å²) in [6.07, 6.45) is -3.45. The minimum absolute atomic E-state index is 0.000549. The molecule has 1 aliphatic rings. The third-order valence-corrected chi connectivity index (χ3v) is 5.99. The van der Waals surface area contributed by atoms with Crippen molar-refractivity contribution in [2.45, 2.75) is 6.36 Å². The molecule has 1 unspecified atom stereocenters. The predicted molar refractivity (Wildman–Crippen MR) is 126 cm³/mol. The average Bonchev–Trinajstić information content (AvgIpc) is 2.85. The van der Waals surface area contributed by atoms with Crippen LogP contribution in [-0.2, 0) is 9.53 Å². The molecule has 2 aromatic carbocycles. The third-order valence-electron chi connectivity index (χ3n) is 5.99. The van der Waals surface area contributed by atoms with Crippen LogP contribution in [0.3, 0.4) is 0 Å². The summed E-state index contributed by atoms with van der Waals surface area (Å²) in [5.74, 6) is -0.865. The second-order valence-corrected chi connectivity index (χ2v) is 8.33. The Morgan fingerprint density at radius 3 is 2.46 bits per heavy atom. The molecule has 1 aliphatic heterocycles. The van der Waals surface area contributed by atoms with Gasteiger partial charge in [-0.3, -0.25) is 9.88 Å². The molecule has 1 amide bonds. The van der Waals surface area contributed by atoms with Gasteiger partial charge in [0.1, 0.15) is 6.54 Å². The van der Waals surface area contributed by atoms with Gasteiger partial charge in [-0.05, 0) is 24.6 Å². The number of benzene rings is 2. The molecule has 3 aromatic rings. The minimum Gasteiger partial charge on any atom is -0.399 e. The van der Waals surface area contributed by atoms with E-state index in [0.29, 0.717) is 37.7 Å². The van der Waals surface area contributed by atoms with Crippen molar-refractivity contribution in [2.75, 3.05) is 39.9 Å². The fourth-order valence-electron chi connectivity index (χ4n) is 4.03. The highest BCUT2D eigenvalue weighted by Gasteiger charge is 2.43. The van der Waals surface area contributed by atoms with Crippen LogP contribution in [0.25, 0.3) is 11.3 Å². The fourth-order valence-corrected chi connectivity index (χ4v) is 4.03. The number of morpholine rings is 1. The van der Waals surface area contributed by atoms with Gasteiger partial charge in [0, 0.05) is 30.8 Å². The Bertz CT molecular complexity index is 1160. The number of halogens is 3. The number of carbonyl (C=O) groups excluding carboxylic acids is 1. The molecule has 0 saturated carbocycles. The van der Waals surface area contributed by atoms with E-state index in [0.717, 1.165) is 11.6 Å². The van der Waals surface area contributed by atoms with Crippen LogP contribution in [0, 0.1) is 6.92 Å². The van der Waals surface area contributed by atoms with Gasteiger partial charge in [-0.2, -0.15) is 4.48 Å². The Kier molecular flexibility index (Phi) is 7.20. The summed E-state index contributed by atoms with van der Waals surface area (Å²) < 4.78 is 48.8. The normalized spacial score (nSPS) is 16.5. The number of rotatable bonds is 6. The molecule has 1 saturated heterocycles. The molecule has 0 aliphatic carbocycles. The Hall–Kier alpha value is -3.27. The Labute approximate surface area is 202 Å². The number of likely N-dealkylation sites (N-methyl/N-ethyl adjacent to an activating group) is 1. The summed E-state index contributed by atoms with van der Waals surface area (Å²) in [6, 6.07) is 16.6. The molecule has 1 atom stereocenters. The topological polar surface area (TPSA) is 51.7 Å². The quantitative estimate of drug-likeness (QED) is 0.469. The van der Waals surface area contributed by atoms with Gasteiger partial charge in [0.25, 0.3) is 0 Å². The summed E-state index contributed by atoms with van der Waals surface area (Å²) in [5.41, 5.74) is 2.08. The maximum Gasteiger partial charge on any atom is 0.573 e. The second kappa shape index (κ2) is 10.2. The van der Waals surface area contributed by atoms with E-state index in [-0.39, 0.29) is 23.7 Å². The molecule has 0 spiro atoms. The summed E-state index contributed by atoms with van der Waals surface area (Å²) in [7, 11) is 1.53. The molecule has 0 bridgehead atoms. The number of ether oxygens (including phenoxy) is 2. The van der Waals surface area contributed by atoms with Crippen molar-refractivity contribution in [2.24, 2.45) is 0 Å². The van der Waals surface area contributed by atoms with Crippen LogP contribution in [0.1, 0.15) is 5.56 Å². The zero-order valence-electron chi connectivity index (χ0n) is 19.2. The number of amides is 1. The predicted octanol–water partition coefficient (Wildman–Crippen LogP) is 4.83. The molecule has 0 N–H and O–H groups in total. The maximum absolute atomic E-state index is 13.8. The lowest BCUT2D eigenvalue weighted by Gasteiger charge is -2.34. The van der Waals surface area contributed by atoms with Crippen molar-refractivity contribution < 1.29 is 27.4 Å². The van der Waals surface area contributed by atoms with Gasteiger partial charge in [0.15, 0.2) is 17.1 Å². The lowest BCUT2D eigenvalue weighted by Crippen LogP contribution is -2.53. The van der Waals surface area contributed by atoms with E-state index in [1.807, 2.05) is 35.2 Å².